The van der Waals surface area contributed by atoms with Crippen LogP contribution in [0.1, 0.15) is 16.7 Å². The molecule has 0 bridgehead atoms. The molecule has 0 saturated heterocycles. The van der Waals surface area contributed by atoms with Crippen molar-refractivity contribution in [3.05, 3.63) is 59.2 Å². The van der Waals surface area contributed by atoms with Gasteiger partial charge >= 0.3 is 20.0 Å². The molecule has 0 aliphatic rings. The highest BCUT2D eigenvalue weighted by atomic mass is 32.1. The molecule has 2 aromatic rings. The van der Waals surface area contributed by atoms with Crippen molar-refractivity contribution in [1.82, 2.24) is 0 Å². The quantitative estimate of drug-likeness (QED) is 0.336. The molecule has 0 saturated carbocycles. The third-order valence-corrected chi connectivity index (χ3v) is 3.28. The molecule has 0 heterocycles. The van der Waals surface area contributed by atoms with Crippen LogP contribution in [0.25, 0.3) is 0 Å². The van der Waals surface area contributed by atoms with Gasteiger partial charge < -0.3 is 9.31 Å². The highest BCUT2D eigenvalue weighted by Crippen LogP contribution is 2.36. The van der Waals surface area contributed by atoms with Gasteiger partial charge in [0.05, 0.1) is 17.7 Å². The third-order valence-electron chi connectivity index (χ3n) is 2.99. The van der Waals surface area contributed by atoms with E-state index < -0.39 is 30.1 Å². The Morgan fingerprint density at radius 2 is 1.36 bits per heavy atom. The molecular weight excluding hydrogens is 369 g/mol. The molecule has 2 aromatic carbocycles. The van der Waals surface area contributed by atoms with Gasteiger partial charge in [-0.3, -0.25) is 0 Å². The van der Waals surface area contributed by atoms with Crippen LogP contribution in [-0.4, -0.2) is 7.69 Å². The summed E-state index contributed by atoms with van der Waals surface area (Å²) < 4.78 is 86.3. The fourth-order valence-electron chi connectivity index (χ4n) is 1.85. The normalized spacial score (nSPS) is 12.1. The zero-order chi connectivity index (χ0) is 18.7. The number of halogens is 6. The molecule has 0 aliphatic carbocycles. The molecule has 0 unspecified atom stereocenters. The Morgan fingerprint density at radius 3 is 1.84 bits per heavy atom. The lowest BCUT2D eigenvalue weighted by Crippen LogP contribution is -2.13. The van der Waals surface area contributed by atoms with Crippen LogP contribution < -0.4 is 4.65 Å². The van der Waals surface area contributed by atoms with Gasteiger partial charge in [0.15, 0.2) is 0 Å². The molecule has 10 heteroatoms. The van der Waals surface area contributed by atoms with Crippen LogP contribution in [-0.2, 0) is 23.6 Å². The van der Waals surface area contributed by atoms with Gasteiger partial charge in [0.1, 0.15) is 5.75 Å². The molecule has 0 amide bonds. The lowest BCUT2D eigenvalue weighted by Gasteiger charge is -2.14. The fourth-order valence-corrected chi connectivity index (χ4v) is 2.00. The highest BCUT2D eigenvalue weighted by Gasteiger charge is 2.36. The summed E-state index contributed by atoms with van der Waals surface area (Å²) in [5, 5.41) is 0. The first-order chi connectivity index (χ1) is 11.6. The van der Waals surface area contributed by atoms with Crippen molar-refractivity contribution in [3.8, 4) is 5.75 Å². The summed E-state index contributed by atoms with van der Waals surface area (Å²) in [6, 6.07) is 7.64. The minimum absolute atomic E-state index is 0.0583. The van der Waals surface area contributed by atoms with Gasteiger partial charge in [-0.15, -0.1) is 12.6 Å². The number of hydrogen-bond donors (Lipinski definition) is 1. The van der Waals surface area contributed by atoms with Gasteiger partial charge in [0.25, 0.3) is 0 Å². The standard InChI is InChI=1S/C15H10BF6O2S/c17-14(18,19)10-5-9(6-11(7-10)15(20,21)22)8-23-16-24-12-1-3-13(25)4-2-12/h1-7,25H,8H2. The Kier molecular flexibility index (Phi) is 5.94. The van der Waals surface area contributed by atoms with Crippen molar-refractivity contribution in [3.63, 3.8) is 0 Å². The van der Waals surface area contributed by atoms with Crippen LogP contribution in [0.15, 0.2) is 47.4 Å². The zero-order valence-corrected chi connectivity index (χ0v) is 13.3. The van der Waals surface area contributed by atoms with E-state index in [9.17, 15) is 26.3 Å². The van der Waals surface area contributed by atoms with Crippen LogP contribution in [0.4, 0.5) is 26.3 Å². The summed E-state index contributed by atoms with van der Waals surface area (Å²) in [6.45, 7) is -0.516. The second kappa shape index (κ2) is 7.61. The van der Waals surface area contributed by atoms with Crippen LogP contribution in [0.3, 0.4) is 0 Å². The van der Waals surface area contributed by atoms with Gasteiger partial charge in [-0.25, -0.2) is 0 Å². The second-order valence-electron chi connectivity index (χ2n) is 4.93. The van der Waals surface area contributed by atoms with E-state index in [0.717, 1.165) is 7.69 Å². The van der Waals surface area contributed by atoms with Crippen molar-refractivity contribution in [1.29, 1.82) is 0 Å². The molecule has 0 atom stereocenters. The first-order valence-corrected chi connectivity index (χ1v) is 7.18. The van der Waals surface area contributed by atoms with Crippen molar-refractivity contribution in [2.24, 2.45) is 0 Å². The summed E-state index contributed by atoms with van der Waals surface area (Å²) in [5.41, 5.74) is -3.08. The third kappa shape index (κ3) is 5.89. The van der Waals surface area contributed by atoms with E-state index in [1.807, 2.05) is 0 Å². The Morgan fingerprint density at radius 1 is 0.840 bits per heavy atom. The van der Waals surface area contributed by atoms with Crippen LogP contribution >= 0.6 is 12.6 Å². The van der Waals surface area contributed by atoms with Crippen molar-refractivity contribution < 1.29 is 35.7 Å². The average molecular weight is 379 g/mol. The minimum atomic E-state index is -4.90. The fraction of sp³-hybridized carbons (Fsp3) is 0.200. The van der Waals surface area contributed by atoms with Gasteiger partial charge in [-0.1, -0.05) is 0 Å². The summed E-state index contributed by atoms with van der Waals surface area (Å²) in [6.07, 6.45) is -9.80. The number of rotatable bonds is 5. The van der Waals surface area contributed by atoms with Gasteiger partial charge in [0, 0.05) is 4.90 Å². The number of hydrogen-bond acceptors (Lipinski definition) is 3. The van der Waals surface area contributed by atoms with Crippen molar-refractivity contribution in [2.45, 2.75) is 23.9 Å². The smallest absolute Gasteiger partial charge is 0.537 e. The monoisotopic (exact) mass is 379 g/mol. The summed E-state index contributed by atoms with van der Waals surface area (Å²) in [5.74, 6) is 0.373. The average Bonchev–Trinajstić information content (AvgIpc) is 2.51. The Balaban J connectivity index is 2.04. The predicted octanol–water partition coefficient (Wildman–Crippen LogP) is 5.14. The van der Waals surface area contributed by atoms with Crippen LogP contribution in [0.5, 0.6) is 5.75 Å². The number of thiol groups is 1. The minimum Gasteiger partial charge on any atom is -0.537 e. The number of benzene rings is 2. The topological polar surface area (TPSA) is 18.5 Å². The van der Waals surface area contributed by atoms with E-state index in [2.05, 4.69) is 12.6 Å². The molecule has 0 fully saturated rings. The molecule has 1 radical (unpaired) electrons. The summed E-state index contributed by atoms with van der Waals surface area (Å²) in [4.78, 5) is 0.692. The number of alkyl halides is 6. The first-order valence-electron chi connectivity index (χ1n) is 6.73. The molecule has 0 spiro atoms. The molecule has 0 aromatic heterocycles. The lowest BCUT2D eigenvalue weighted by molar-refractivity contribution is -0.143. The van der Waals surface area contributed by atoms with Gasteiger partial charge in [-0.05, 0) is 48.0 Å². The van der Waals surface area contributed by atoms with Gasteiger partial charge in [0.2, 0.25) is 0 Å². The first kappa shape index (κ1) is 19.5. The van der Waals surface area contributed by atoms with Crippen LogP contribution in [0, 0.1) is 0 Å². The maximum Gasteiger partial charge on any atom is 0.572 e. The molecule has 0 N–H and O–H groups in total. The summed E-state index contributed by atoms with van der Waals surface area (Å²) >= 11 is 4.07. The molecule has 25 heavy (non-hydrogen) atoms. The SMILES string of the molecule is FC(F)(F)c1cc(CO[B]Oc2ccc(S)cc2)cc(C(F)(F)F)c1. The van der Waals surface area contributed by atoms with E-state index in [1.54, 1.807) is 24.3 Å². The van der Waals surface area contributed by atoms with Crippen molar-refractivity contribution >= 4 is 20.3 Å². The van der Waals surface area contributed by atoms with E-state index in [0.29, 0.717) is 22.8 Å². The molecule has 133 valence electrons. The Labute approximate surface area is 145 Å². The van der Waals surface area contributed by atoms with E-state index in [4.69, 9.17) is 9.31 Å². The summed E-state index contributed by atoms with van der Waals surface area (Å²) in [7, 11) is 0.834. The van der Waals surface area contributed by atoms with E-state index >= 15 is 0 Å². The predicted molar refractivity (Wildman–Crippen MR) is 81.3 cm³/mol. The molecule has 2 nitrogen and oxygen atoms in total. The van der Waals surface area contributed by atoms with Gasteiger partial charge in [-0.2, -0.15) is 26.3 Å². The van der Waals surface area contributed by atoms with Crippen LogP contribution in [0.2, 0.25) is 0 Å². The Hall–Kier alpha value is -1.81. The maximum atomic E-state index is 12.7. The second-order valence-corrected chi connectivity index (χ2v) is 5.45. The largest absolute Gasteiger partial charge is 0.572 e. The molecule has 0 aliphatic heterocycles. The van der Waals surface area contributed by atoms with E-state index in [-0.39, 0.29) is 11.6 Å². The van der Waals surface area contributed by atoms with Crippen molar-refractivity contribution in [2.75, 3.05) is 0 Å². The Bertz CT molecular complexity index is 683. The highest BCUT2D eigenvalue weighted by molar-refractivity contribution is 7.80. The maximum absolute atomic E-state index is 12.7. The molecule has 2 rings (SSSR count). The zero-order valence-electron chi connectivity index (χ0n) is 12.4. The molecular formula is C15H10BF6O2S. The lowest BCUT2D eigenvalue weighted by atomic mass is 10.1. The van der Waals surface area contributed by atoms with E-state index in [1.165, 1.54) is 0 Å².